The molecule has 2 nitrogen and oxygen atoms in total. The molecule has 0 N–H and O–H groups in total. The summed E-state index contributed by atoms with van der Waals surface area (Å²) in [6, 6.07) is 23.8. The second-order valence-corrected chi connectivity index (χ2v) is 9.06. The molecule has 1 aliphatic rings. The summed E-state index contributed by atoms with van der Waals surface area (Å²) < 4.78 is 6.26. The summed E-state index contributed by atoms with van der Waals surface area (Å²) in [4.78, 5) is 4.70. The van der Waals surface area contributed by atoms with Crippen LogP contribution in [0.3, 0.4) is 0 Å². The standard InChI is InChI=1S/C27H24BNO/c28-27(11-4-1-5-12-27)21-10-13-29-24(17-21)20-8-9-22-23-14-18-6-2-3-7-19(18)15-26(23)30-25(22)16-20/h2-3,6-10,13-17H,1,4-5,11-12,28H2. The molecule has 1 saturated carbocycles. The number of pyridine rings is 1. The number of nitrogens with zero attached hydrogens (tertiary/aromatic N) is 1. The van der Waals surface area contributed by atoms with Gasteiger partial charge in [0.1, 0.15) is 19.0 Å². The third kappa shape index (κ3) is 2.84. The second-order valence-electron chi connectivity index (χ2n) is 9.06. The molecule has 0 atom stereocenters. The van der Waals surface area contributed by atoms with Crippen molar-refractivity contribution < 1.29 is 4.42 Å². The number of benzene rings is 3. The monoisotopic (exact) mass is 389 g/mol. The van der Waals surface area contributed by atoms with Gasteiger partial charge in [-0.1, -0.05) is 62.4 Å². The number of furan rings is 1. The van der Waals surface area contributed by atoms with Gasteiger partial charge < -0.3 is 4.42 Å². The molecule has 1 aliphatic carbocycles. The van der Waals surface area contributed by atoms with Crippen molar-refractivity contribution in [2.45, 2.75) is 37.4 Å². The smallest absolute Gasteiger partial charge is 0.136 e. The van der Waals surface area contributed by atoms with Crippen LogP contribution in [0.5, 0.6) is 0 Å². The molecular weight excluding hydrogens is 365 g/mol. The molecule has 0 spiro atoms. The SMILES string of the molecule is BC1(c2ccnc(-c3ccc4c(c3)oc3cc5ccccc5cc34)c2)CCCCC1. The van der Waals surface area contributed by atoms with Crippen molar-refractivity contribution in [2.24, 2.45) is 0 Å². The molecule has 0 aliphatic heterocycles. The summed E-state index contributed by atoms with van der Waals surface area (Å²) in [5, 5.41) is 5.06. The van der Waals surface area contributed by atoms with Gasteiger partial charge in [-0.3, -0.25) is 4.98 Å². The zero-order chi connectivity index (χ0) is 20.1. The highest BCUT2D eigenvalue weighted by Gasteiger charge is 2.29. The third-order valence-corrected chi connectivity index (χ3v) is 7.05. The lowest BCUT2D eigenvalue weighted by Gasteiger charge is -2.34. The van der Waals surface area contributed by atoms with Crippen molar-refractivity contribution >= 4 is 40.6 Å². The lowest BCUT2D eigenvalue weighted by Crippen LogP contribution is -2.29. The molecule has 5 aromatic rings. The fraction of sp³-hybridized carbons (Fsp3) is 0.222. The molecule has 0 saturated heterocycles. The largest absolute Gasteiger partial charge is 0.456 e. The summed E-state index contributed by atoms with van der Waals surface area (Å²) in [6.45, 7) is 0. The first-order valence-electron chi connectivity index (χ1n) is 11.0. The highest BCUT2D eigenvalue weighted by molar-refractivity contribution is 6.16. The van der Waals surface area contributed by atoms with Crippen LogP contribution >= 0.6 is 0 Å². The lowest BCUT2D eigenvalue weighted by molar-refractivity contribution is 0.398. The normalized spacial score (nSPS) is 16.4. The van der Waals surface area contributed by atoms with E-state index >= 15 is 0 Å². The van der Waals surface area contributed by atoms with Crippen LogP contribution in [0.2, 0.25) is 0 Å². The van der Waals surface area contributed by atoms with Crippen LogP contribution in [0.15, 0.2) is 77.3 Å². The summed E-state index contributed by atoms with van der Waals surface area (Å²) >= 11 is 0. The topological polar surface area (TPSA) is 26.0 Å². The fourth-order valence-corrected chi connectivity index (χ4v) is 5.21. The molecule has 0 radical (unpaired) electrons. The lowest BCUT2D eigenvalue weighted by atomic mass is 9.57. The summed E-state index contributed by atoms with van der Waals surface area (Å²) in [5.74, 6) is 0. The van der Waals surface area contributed by atoms with Crippen LogP contribution in [0, 0.1) is 0 Å². The van der Waals surface area contributed by atoms with Gasteiger partial charge in [0.2, 0.25) is 0 Å². The second kappa shape index (κ2) is 6.73. The van der Waals surface area contributed by atoms with Crippen LogP contribution in [0.4, 0.5) is 0 Å². The van der Waals surface area contributed by atoms with Gasteiger partial charge in [0.15, 0.2) is 0 Å². The Morgan fingerprint density at radius 1 is 0.767 bits per heavy atom. The Bertz CT molecular complexity index is 1390. The maximum absolute atomic E-state index is 6.26. The first-order chi connectivity index (χ1) is 14.7. The molecule has 0 unspecified atom stereocenters. The number of fused-ring (bicyclic) bond motifs is 4. The fourth-order valence-electron chi connectivity index (χ4n) is 5.21. The minimum atomic E-state index is 0.277. The minimum absolute atomic E-state index is 0.277. The molecule has 146 valence electrons. The predicted octanol–water partition coefficient (Wildman–Crippen LogP) is 6.59. The number of aromatic nitrogens is 1. The number of rotatable bonds is 2. The van der Waals surface area contributed by atoms with Gasteiger partial charge in [-0.2, -0.15) is 0 Å². The number of hydrogen-bond donors (Lipinski definition) is 0. The quantitative estimate of drug-likeness (QED) is 0.318. The van der Waals surface area contributed by atoms with Gasteiger partial charge in [0.05, 0.1) is 5.69 Å². The van der Waals surface area contributed by atoms with Gasteiger partial charge >= 0.3 is 0 Å². The van der Waals surface area contributed by atoms with E-state index < -0.39 is 0 Å². The Morgan fingerprint density at radius 3 is 2.37 bits per heavy atom. The van der Waals surface area contributed by atoms with Gasteiger partial charge in [0, 0.05) is 22.5 Å². The Balaban J connectivity index is 1.46. The van der Waals surface area contributed by atoms with Gasteiger partial charge in [-0.05, 0) is 58.0 Å². The van der Waals surface area contributed by atoms with E-state index in [1.807, 2.05) is 6.20 Å². The number of hydrogen-bond acceptors (Lipinski definition) is 2. The average molecular weight is 389 g/mol. The Morgan fingerprint density at radius 2 is 1.53 bits per heavy atom. The van der Waals surface area contributed by atoms with Crippen molar-refractivity contribution in [1.82, 2.24) is 4.98 Å². The van der Waals surface area contributed by atoms with Crippen LogP contribution in [-0.2, 0) is 5.31 Å². The molecule has 6 rings (SSSR count). The predicted molar refractivity (Wildman–Crippen MR) is 128 cm³/mol. The first kappa shape index (κ1) is 17.8. The molecule has 0 amide bonds. The molecule has 2 aromatic heterocycles. The molecule has 3 heteroatoms. The van der Waals surface area contributed by atoms with Crippen molar-refractivity contribution in [3.05, 3.63) is 78.5 Å². The van der Waals surface area contributed by atoms with Crippen molar-refractivity contribution in [3.8, 4) is 11.3 Å². The highest BCUT2D eigenvalue weighted by Crippen LogP contribution is 2.38. The summed E-state index contributed by atoms with van der Waals surface area (Å²) in [7, 11) is 2.42. The van der Waals surface area contributed by atoms with E-state index in [1.54, 1.807) is 0 Å². The summed E-state index contributed by atoms with van der Waals surface area (Å²) in [6.07, 6.45) is 8.53. The minimum Gasteiger partial charge on any atom is -0.456 e. The van der Waals surface area contributed by atoms with E-state index in [4.69, 9.17) is 9.40 Å². The molecule has 30 heavy (non-hydrogen) atoms. The maximum Gasteiger partial charge on any atom is 0.136 e. The summed E-state index contributed by atoms with van der Waals surface area (Å²) in [5.41, 5.74) is 5.44. The van der Waals surface area contributed by atoms with Crippen LogP contribution in [-0.4, -0.2) is 12.8 Å². The average Bonchev–Trinajstić information content (AvgIpc) is 3.14. The third-order valence-electron chi connectivity index (χ3n) is 7.05. The maximum atomic E-state index is 6.26. The zero-order valence-electron chi connectivity index (χ0n) is 17.3. The molecule has 0 bridgehead atoms. The molecule has 2 heterocycles. The van der Waals surface area contributed by atoms with Crippen molar-refractivity contribution in [1.29, 1.82) is 0 Å². The molecular formula is C27H24BNO. The van der Waals surface area contributed by atoms with E-state index in [0.717, 1.165) is 27.8 Å². The molecule has 1 fully saturated rings. The molecule has 3 aromatic carbocycles. The highest BCUT2D eigenvalue weighted by atomic mass is 16.3. The van der Waals surface area contributed by atoms with E-state index in [-0.39, 0.29) is 5.31 Å². The van der Waals surface area contributed by atoms with Crippen molar-refractivity contribution in [2.75, 3.05) is 0 Å². The Labute approximate surface area is 177 Å². The van der Waals surface area contributed by atoms with E-state index in [9.17, 15) is 0 Å². The van der Waals surface area contributed by atoms with Crippen LogP contribution < -0.4 is 0 Å². The van der Waals surface area contributed by atoms with Crippen LogP contribution in [0.1, 0.15) is 37.7 Å². The van der Waals surface area contributed by atoms with E-state index in [0.29, 0.717) is 0 Å². The Hall–Kier alpha value is -3.07. The van der Waals surface area contributed by atoms with Gasteiger partial charge in [-0.15, -0.1) is 0 Å². The van der Waals surface area contributed by atoms with E-state index in [2.05, 4.69) is 74.6 Å². The van der Waals surface area contributed by atoms with Gasteiger partial charge in [0.25, 0.3) is 0 Å². The van der Waals surface area contributed by atoms with E-state index in [1.165, 1.54) is 53.8 Å². The zero-order valence-corrected chi connectivity index (χ0v) is 17.3. The van der Waals surface area contributed by atoms with Crippen molar-refractivity contribution in [3.63, 3.8) is 0 Å². The van der Waals surface area contributed by atoms with Gasteiger partial charge in [-0.25, -0.2) is 0 Å². The van der Waals surface area contributed by atoms with Crippen LogP contribution in [0.25, 0.3) is 44.0 Å². The first-order valence-corrected chi connectivity index (χ1v) is 11.0. The Kier molecular flexibility index (Phi) is 3.99.